The number of rotatable bonds is 1. The van der Waals surface area contributed by atoms with Gasteiger partial charge in [0.2, 0.25) is 0 Å². The molecule has 0 aliphatic rings. The Kier molecular flexibility index (Phi) is 45.4. The fourth-order valence-corrected chi connectivity index (χ4v) is 0.228. The molecule has 0 radical (unpaired) electrons. The molecule has 0 spiro atoms. The van der Waals surface area contributed by atoms with Gasteiger partial charge in [0.05, 0.1) is 35.5 Å². The molecule has 10 heteroatoms. The average molecular weight is 372 g/mol. The molecule has 0 unspecified atom stereocenters. The zero-order valence-corrected chi connectivity index (χ0v) is 16.8. The first-order valence-electron chi connectivity index (χ1n) is 6.76. The van der Waals surface area contributed by atoms with Gasteiger partial charge in [0.25, 0.3) is 0 Å². The molecule has 0 aromatic carbocycles. The van der Waals surface area contributed by atoms with Crippen molar-refractivity contribution < 1.29 is 47.6 Å². The summed E-state index contributed by atoms with van der Waals surface area (Å²) in [6.45, 7) is 4.48. The van der Waals surface area contributed by atoms with Crippen LogP contribution in [0, 0.1) is 0 Å². The number of esters is 3. The van der Waals surface area contributed by atoms with Crippen LogP contribution in [0.25, 0.3) is 0 Å². The fraction of sp³-hybridized carbons (Fsp3) is 0.733. The summed E-state index contributed by atoms with van der Waals surface area (Å²) in [6.07, 6.45) is -0.189. The van der Waals surface area contributed by atoms with Crippen LogP contribution >= 0.6 is 0 Å². The van der Waals surface area contributed by atoms with Gasteiger partial charge in [-0.3, -0.25) is 14.4 Å². The molecule has 0 fully saturated rings. The Hall–Kier alpha value is -2.36. The average Bonchev–Trinajstić information content (AvgIpc) is 2.62. The Morgan fingerprint density at radius 2 is 0.840 bits per heavy atom. The van der Waals surface area contributed by atoms with Gasteiger partial charge in [-0.25, -0.2) is 4.79 Å². The summed E-state index contributed by atoms with van der Waals surface area (Å²) in [7, 11) is 9.84. The molecule has 0 amide bonds. The predicted molar refractivity (Wildman–Crippen MR) is 90.0 cm³/mol. The Bertz CT molecular complexity index is 273. The molecule has 10 nitrogen and oxygen atoms in total. The van der Waals surface area contributed by atoms with Crippen LogP contribution < -0.4 is 0 Å². The van der Waals surface area contributed by atoms with E-state index in [1.807, 2.05) is 0 Å². The third kappa shape index (κ3) is 89.8. The zero-order valence-electron chi connectivity index (χ0n) is 16.8. The first-order valence-corrected chi connectivity index (χ1v) is 6.76. The van der Waals surface area contributed by atoms with Gasteiger partial charge in [-0.2, -0.15) is 0 Å². The Labute approximate surface area is 149 Å². The lowest BCUT2D eigenvalue weighted by molar-refractivity contribution is -0.140. The highest BCUT2D eigenvalue weighted by molar-refractivity contribution is 5.68. The first-order chi connectivity index (χ1) is 11.6. The van der Waals surface area contributed by atoms with Crippen LogP contribution in [0.5, 0.6) is 0 Å². The van der Waals surface area contributed by atoms with Crippen LogP contribution in [0.4, 0.5) is 4.79 Å². The lowest BCUT2D eigenvalue weighted by Crippen LogP contribution is -1.97. The van der Waals surface area contributed by atoms with Gasteiger partial charge in [-0.05, 0) is 0 Å². The zero-order chi connectivity index (χ0) is 21.3. The second kappa shape index (κ2) is 33.3. The summed E-state index contributed by atoms with van der Waals surface area (Å²) in [5, 5.41) is 0. The molecular formula is C15H32O10. The predicted octanol–water partition coefficient (Wildman–Crippen LogP) is 1.59. The van der Waals surface area contributed by atoms with Crippen molar-refractivity contribution in [2.24, 2.45) is 0 Å². The van der Waals surface area contributed by atoms with Gasteiger partial charge in [-0.1, -0.05) is 6.92 Å². The van der Waals surface area contributed by atoms with Crippen molar-refractivity contribution in [3.8, 4) is 0 Å². The van der Waals surface area contributed by atoms with Crippen molar-refractivity contribution in [3.63, 3.8) is 0 Å². The van der Waals surface area contributed by atoms with E-state index in [1.54, 1.807) is 21.1 Å². The van der Waals surface area contributed by atoms with Gasteiger partial charge in [-0.15, -0.1) is 0 Å². The molecule has 0 saturated carbocycles. The van der Waals surface area contributed by atoms with Gasteiger partial charge >= 0.3 is 24.1 Å². The molecule has 152 valence electrons. The number of ether oxygens (including phenoxy) is 6. The van der Waals surface area contributed by atoms with Crippen molar-refractivity contribution in [2.45, 2.75) is 27.2 Å². The highest BCUT2D eigenvalue weighted by Crippen LogP contribution is 1.76. The highest BCUT2D eigenvalue weighted by Gasteiger charge is 1.89. The number of methoxy groups -OCH3 is 6. The van der Waals surface area contributed by atoms with Gasteiger partial charge in [0.1, 0.15) is 0 Å². The largest absolute Gasteiger partial charge is 0.507 e. The smallest absolute Gasteiger partial charge is 0.469 e. The molecule has 0 bridgehead atoms. The summed E-state index contributed by atoms with van der Waals surface area (Å²) in [5.41, 5.74) is 0. The maximum atomic E-state index is 9.96. The van der Waals surface area contributed by atoms with Crippen LogP contribution in [0.15, 0.2) is 0 Å². The highest BCUT2D eigenvalue weighted by atomic mass is 16.7. The van der Waals surface area contributed by atoms with Crippen LogP contribution in [-0.4, -0.2) is 73.8 Å². The second-order valence-electron chi connectivity index (χ2n) is 3.39. The third-order valence-electron chi connectivity index (χ3n) is 1.42. The second-order valence-corrected chi connectivity index (χ2v) is 3.39. The van der Waals surface area contributed by atoms with E-state index in [4.69, 9.17) is 0 Å². The Morgan fingerprint density at radius 3 is 0.840 bits per heavy atom. The van der Waals surface area contributed by atoms with Gasteiger partial charge in [0, 0.05) is 34.5 Å². The summed E-state index contributed by atoms with van der Waals surface area (Å²) in [5.74, 6) is -0.648. The molecule has 25 heavy (non-hydrogen) atoms. The van der Waals surface area contributed by atoms with Crippen molar-refractivity contribution in [1.29, 1.82) is 0 Å². The van der Waals surface area contributed by atoms with E-state index in [2.05, 4.69) is 28.4 Å². The van der Waals surface area contributed by atoms with E-state index in [1.165, 1.54) is 49.4 Å². The number of carbonyl (C=O) groups is 4. The van der Waals surface area contributed by atoms with E-state index in [9.17, 15) is 19.2 Å². The molecule has 0 heterocycles. The van der Waals surface area contributed by atoms with E-state index in [0.29, 0.717) is 6.42 Å². The van der Waals surface area contributed by atoms with Crippen molar-refractivity contribution in [1.82, 2.24) is 0 Å². The molecule has 0 rings (SSSR count). The SMILES string of the molecule is CCC(=O)OC.COC.COC(=O)OC.COC(C)=O.COC(C)=O. The Balaban J connectivity index is -0.0000000678. The minimum Gasteiger partial charge on any atom is -0.469 e. The summed E-state index contributed by atoms with van der Waals surface area (Å²) in [4.78, 5) is 38.9. The minimum absolute atomic E-state index is 0.157. The third-order valence-corrected chi connectivity index (χ3v) is 1.42. The minimum atomic E-state index is -0.657. The van der Waals surface area contributed by atoms with E-state index in [0.717, 1.165) is 0 Å². The van der Waals surface area contributed by atoms with Gasteiger partial charge < -0.3 is 28.4 Å². The maximum Gasteiger partial charge on any atom is 0.507 e. The van der Waals surface area contributed by atoms with Crippen LogP contribution in [0.1, 0.15) is 27.2 Å². The fourth-order valence-electron chi connectivity index (χ4n) is 0.228. The molecule has 0 aromatic heterocycles. The summed E-state index contributed by atoms with van der Waals surface area (Å²) >= 11 is 0. The lowest BCUT2D eigenvalue weighted by Gasteiger charge is -1.89. The normalized spacial score (nSPS) is 6.96. The first kappa shape index (κ1) is 34.1. The van der Waals surface area contributed by atoms with Crippen molar-refractivity contribution >= 4 is 24.1 Å². The van der Waals surface area contributed by atoms with Gasteiger partial charge in [0.15, 0.2) is 0 Å². The molecule has 0 aromatic rings. The van der Waals surface area contributed by atoms with E-state index >= 15 is 0 Å². The van der Waals surface area contributed by atoms with Crippen molar-refractivity contribution in [3.05, 3.63) is 0 Å². The molecule has 0 aliphatic heterocycles. The molecular weight excluding hydrogens is 340 g/mol. The lowest BCUT2D eigenvalue weighted by atomic mass is 10.5. The molecule has 0 saturated heterocycles. The van der Waals surface area contributed by atoms with Crippen LogP contribution in [0.2, 0.25) is 0 Å². The number of hydrogen-bond acceptors (Lipinski definition) is 10. The topological polar surface area (TPSA) is 124 Å². The summed E-state index contributed by atoms with van der Waals surface area (Å²) < 4.78 is 24.8. The van der Waals surface area contributed by atoms with Crippen molar-refractivity contribution in [2.75, 3.05) is 49.8 Å². The standard InChI is InChI=1S/C4H8O2.C3H6O3.2C3H6O2.C2H6O/c1-3-4(5)6-2;1-5-3(4)6-2;2*1-3(4)5-2;1-3-2/h3H2,1-2H3;1-2H3;2*1-2H3;1-2H3. The van der Waals surface area contributed by atoms with E-state index < -0.39 is 6.16 Å². The van der Waals surface area contributed by atoms with E-state index in [-0.39, 0.29) is 17.9 Å². The molecule has 0 N–H and O–H groups in total. The Morgan fingerprint density at radius 1 is 0.600 bits per heavy atom. The summed E-state index contributed by atoms with van der Waals surface area (Å²) in [6, 6.07) is 0. The maximum absolute atomic E-state index is 9.96. The number of carbonyl (C=O) groups excluding carboxylic acids is 4. The quantitative estimate of drug-likeness (QED) is 0.495. The monoisotopic (exact) mass is 372 g/mol. The number of hydrogen-bond donors (Lipinski definition) is 0. The van der Waals surface area contributed by atoms with Crippen LogP contribution in [-0.2, 0) is 42.8 Å². The molecule has 0 aliphatic carbocycles. The molecule has 0 atom stereocenters. The van der Waals surface area contributed by atoms with Crippen LogP contribution in [0.3, 0.4) is 0 Å².